The second kappa shape index (κ2) is 13.2. The van der Waals surface area contributed by atoms with E-state index in [2.05, 4.69) is 17.5 Å². The first-order valence-corrected chi connectivity index (χ1v) is 11.8. The maximum atomic E-state index is 12.6. The molecule has 0 heterocycles. The molecule has 1 amide bonds. The summed E-state index contributed by atoms with van der Waals surface area (Å²) in [4.78, 5) is 24.5. The molecule has 0 aliphatic rings. The van der Waals surface area contributed by atoms with Crippen LogP contribution in [-0.2, 0) is 4.79 Å². The predicted octanol–water partition coefficient (Wildman–Crippen LogP) is 6.65. The van der Waals surface area contributed by atoms with Crippen molar-refractivity contribution in [1.82, 2.24) is 5.43 Å². The summed E-state index contributed by atoms with van der Waals surface area (Å²) in [5, 5.41) is 5.88. The van der Waals surface area contributed by atoms with Gasteiger partial charge < -0.3 is 4.74 Å². The number of benzene rings is 3. The molecule has 0 atom stereocenters. The summed E-state index contributed by atoms with van der Waals surface area (Å²) in [5.74, 6) is -0.0145. The number of esters is 1. The van der Waals surface area contributed by atoms with E-state index in [9.17, 15) is 9.59 Å². The van der Waals surface area contributed by atoms with Gasteiger partial charge in [0.1, 0.15) is 5.75 Å². The van der Waals surface area contributed by atoms with Crippen molar-refractivity contribution in [3.05, 3.63) is 77.9 Å². The second-order valence-electron chi connectivity index (χ2n) is 8.15. The van der Waals surface area contributed by atoms with Crippen LogP contribution in [0.3, 0.4) is 0 Å². The van der Waals surface area contributed by atoms with Crippen molar-refractivity contribution in [2.75, 3.05) is 0 Å². The highest BCUT2D eigenvalue weighted by atomic mass is 16.5. The fourth-order valence-electron chi connectivity index (χ4n) is 3.66. The van der Waals surface area contributed by atoms with E-state index in [4.69, 9.17) is 4.74 Å². The zero-order chi connectivity index (χ0) is 23.3. The van der Waals surface area contributed by atoms with E-state index in [1.807, 2.05) is 36.4 Å². The summed E-state index contributed by atoms with van der Waals surface area (Å²) in [6.07, 6.45) is 10.3. The quantitative estimate of drug-likeness (QED) is 0.112. The van der Waals surface area contributed by atoms with Gasteiger partial charge in [0, 0.05) is 6.42 Å². The van der Waals surface area contributed by atoms with Crippen LogP contribution in [0.4, 0.5) is 0 Å². The Morgan fingerprint density at radius 2 is 1.55 bits per heavy atom. The maximum Gasteiger partial charge on any atom is 0.344 e. The van der Waals surface area contributed by atoms with Gasteiger partial charge in [-0.05, 0) is 53.1 Å². The van der Waals surface area contributed by atoms with E-state index in [0.717, 1.165) is 29.2 Å². The van der Waals surface area contributed by atoms with Crippen LogP contribution in [0.15, 0.2) is 71.8 Å². The minimum absolute atomic E-state index is 0.0690. The summed E-state index contributed by atoms with van der Waals surface area (Å²) in [5.41, 5.74) is 3.90. The van der Waals surface area contributed by atoms with Crippen LogP contribution in [-0.4, -0.2) is 18.1 Å². The molecule has 0 aromatic heterocycles. The summed E-state index contributed by atoms with van der Waals surface area (Å²) < 4.78 is 5.54. The molecular weight excluding hydrogens is 412 g/mol. The average Bonchev–Trinajstić information content (AvgIpc) is 2.84. The Bertz CT molecular complexity index is 1070. The number of nitrogens with one attached hydrogen (secondary N) is 1. The van der Waals surface area contributed by atoms with E-state index in [1.165, 1.54) is 32.1 Å². The van der Waals surface area contributed by atoms with E-state index in [0.29, 0.717) is 17.7 Å². The molecule has 0 fully saturated rings. The molecule has 0 aliphatic carbocycles. The maximum absolute atomic E-state index is 12.6. The number of amides is 1. The zero-order valence-corrected chi connectivity index (χ0v) is 19.3. The molecule has 3 rings (SSSR count). The lowest BCUT2D eigenvalue weighted by Crippen LogP contribution is -2.16. The van der Waals surface area contributed by atoms with Gasteiger partial charge in [0.15, 0.2) is 0 Å². The Hall–Kier alpha value is -3.47. The van der Waals surface area contributed by atoms with Crippen LogP contribution in [0.1, 0.15) is 74.2 Å². The monoisotopic (exact) mass is 444 g/mol. The third-order valence-electron chi connectivity index (χ3n) is 5.51. The molecule has 0 radical (unpaired) electrons. The van der Waals surface area contributed by atoms with E-state index < -0.39 is 5.97 Å². The Kier molecular flexibility index (Phi) is 9.64. The lowest BCUT2D eigenvalue weighted by molar-refractivity contribution is -0.121. The number of ether oxygens (including phenoxy) is 1. The molecule has 0 saturated carbocycles. The molecule has 3 aromatic carbocycles. The smallest absolute Gasteiger partial charge is 0.344 e. The van der Waals surface area contributed by atoms with Crippen LogP contribution >= 0.6 is 0 Å². The highest BCUT2D eigenvalue weighted by molar-refractivity contribution is 6.05. The topological polar surface area (TPSA) is 67.8 Å². The third kappa shape index (κ3) is 7.86. The highest BCUT2D eigenvalue weighted by Crippen LogP contribution is 2.21. The number of rotatable bonds is 12. The lowest BCUT2D eigenvalue weighted by Gasteiger charge is -2.07. The largest absolute Gasteiger partial charge is 0.423 e. The van der Waals surface area contributed by atoms with E-state index in [-0.39, 0.29) is 5.91 Å². The van der Waals surface area contributed by atoms with Gasteiger partial charge in [-0.25, -0.2) is 10.2 Å². The normalized spacial score (nSPS) is 11.1. The molecule has 0 aliphatic heterocycles. The fraction of sp³-hybridized carbons (Fsp3) is 0.321. The first kappa shape index (κ1) is 24.2. The van der Waals surface area contributed by atoms with Crippen LogP contribution in [0, 0.1) is 0 Å². The summed E-state index contributed by atoms with van der Waals surface area (Å²) in [7, 11) is 0. The number of hydrazone groups is 1. The molecule has 5 nitrogen and oxygen atoms in total. The Morgan fingerprint density at radius 3 is 2.33 bits per heavy atom. The van der Waals surface area contributed by atoms with Crippen molar-refractivity contribution in [3.8, 4) is 5.75 Å². The molecular formula is C28H32N2O3. The van der Waals surface area contributed by atoms with Crippen molar-refractivity contribution in [2.24, 2.45) is 5.10 Å². The van der Waals surface area contributed by atoms with Crippen molar-refractivity contribution < 1.29 is 14.3 Å². The summed E-state index contributed by atoms with van der Waals surface area (Å²) in [6.45, 7) is 2.21. The Balaban J connectivity index is 1.43. The minimum Gasteiger partial charge on any atom is -0.423 e. The molecule has 0 saturated heterocycles. The Labute approximate surface area is 195 Å². The standard InChI is InChI=1S/C28H32N2O3/c1-2-3-4-5-6-7-8-16-27(31)30-29-21-22-17-19-24(20-18-22)33-28(32)26-15-11-13-23-12-9-10-14-25(23)26/h9-15,17-21H,2-8,16H2,1H3,(H,30,31)/b29-21-. The molecule has 0 spiro atoms. The van der Waals surface area contributed by atoms with Gasteiger partial charge in [-0.3, -0.25) is 4.79 Å². The van der Waals surface area contributed by atoms with Gasteiger partial charge in [0.2, 0.25) is 5.91 Å². The highest BCUT2D eigenvalue weighted by Gasteiger charge is 2.12. The van der Waals surface area contributed by atoms with Crippen molar-refractivity contribution in [2.45, 2.75) is 58.3 Å². The summed E-state index contributed by atoms with van der Waals surface area (Å²) >= 11 is 0. The van der Waals surface area contributed by atoms with Gasteiger partial charge in [0.05, 0.1) is 11.8 Å². The number of carbonyl (C=O) groups excluding carboxylic acids is 2. The number of unbranched alkanes of at least 4 members (excludes halogenated alkanes) is 6. The van der Waals surface area contributed by atoms with Gasteiger partial charge in [0.25, 0.3) is 0 Å². The molecule has 0 unspecified atom stereocenters. The molecule has 3 aromatic rings. The zero-order valence-electron chi connectivity index (χ0n) is 19.3. The van der Waals surface area contributed by atoms with Crippen molar-refractivity contribution in [1.29, 1.82) is 0 Å². The van der Waals surface area contributed by atoms with Crippen LogP contribution in [0.25, 0.3) is 10.8 Å². The number of hydrogen-bond donors (Lipinski definition) is 1. The first-order chi connectivity index (χ1) is 16.2. The number of fused-ring (bicyclic) bond motifs is 1. The van der Waals surface area contributed by atoms with Gasteiger partial charge in [-0.2, -0.15) is 5.10 Å². The third-order valence-corrected chi connectivity index (χ3v) is 5.51. The van der Waals surface area contributed by atoms with Gasteiger partial charge in [-0.15, -0.1) is 0 Å². The molecule has 172 valence electrons. The van der Waals surface area contributed by atoms with Crippen LogP contribution < -0.4 is 10.2 Å². The van der Waals surface area contributed by atoms with E-state index in [1.54, 1.807) is 36.5 Å². The first-order valence-electron chi connectivity index (χ1n) is 11.8. The molecule has 33 heavy (non-hydrogen) atoms. The predicted molar refractivity (Wildman–Crippen MR) is 134 cm³/mol. The van der Waals surface area contributed by atoms with Crippen molar-refractivity contribution >= 4 is 28.9 Å². The average molecular weight is 445 g/mol. The SMILES string of the molecule is CCCCCCCCCC(=O)N/N=C\c1ccc(OC(=O)c2cccc3ccccc23)cc1. The molecule has 0 bridgehead atoms. The fourth-order valence-corrected chi connectivity index (χ4v) is 3.66. The van der Waals surface area contributed by atoms with Crippen LogP contribution in [0.5, 0.6) is 5.75 Å². The second-order valence-corrected chi connectivity index (χ2v) is 8.15. The van der Waals surface area contributed by atoms with Gasteiger partial charge in [-0.1, -0.05) is 81.8 Å². The lowest BCUT2D eigenvalue weighted by atomic mass is 10.0. The number of nitrogens with zero attached hydrogens (tertiary/aromatic N) is 1. The van der Waals surface area contributed by atoms with Crippen molar-refractivity contribution in [3.63, 3.8) is 0 Å². The number of carbonyl (C=O) groups is 2. The number of hydrogen-bond acceptors (Lipinski definition) is 4. The minimum atomic E-state index is -0.397. The molecule has 5 heteroatoms. The van der Waals surface area contributed by atoms with Gasteiger partial charge >= 0.3 is 5.97 Å². The van der Waals surface area contributed by atoms with Crippen LogP contribution in [0.2, 0.25) is 0 Å². The van der Waals surface area contributed by atoms with E-state index >= 15 is 0 Å². The molecule has 1 N–H and O–H groups in total. The Morgan fingerprint density at radius 1 is 0.848 bits per heavy atom. The summed E-state index contributed by atoms with van der Waals surface area (Å²) in [6, 6.07) is 20.3.